The molecule has 3 aromatic carbocycles. The molecule has 0 saturated heterocycles. The fraction of sp³-hybridized carbons (Fsp3) is 0.297. The number of aliphatic hydroxyl groups excluding tert-OH is 1. The lowest BCUT2D eigenvalue weighted by Crippen LogP contribution is -2.39. The standard InChI is InChI=1S/C37H31IO/c38-27-15-17-30-25(19-27)13-11-22-9-10-23-12-14-26-20-28(39)16-18-31(26)36(23)37(35(22)30)34-21-24-5-1-2-6-29(24)32-7-3-4-8-33(32)34/h1-8,13-15,17,19-23,30-31,35-37,39H,9-12H2/t22-,23+,30+,31?,35?,36+,37?/m0/s1. The van der Waals surface area contributed by atoms with Gasteiger partial charge in [-0.05, 0) is 134 Å². The van der Waals surface area contributed by atoms with Crippen LogP contribution in [0.3, 0.4) is 0 Å². The van der Waals surface area contributed by atoms with E-state index in [1.807, 2.05) is 6.08 Å². The minimum absolute atomic E-state index is 0.172. The van der Waals surface area contributed by atoms with Crippen LogP contribution in [-0.4, -0.2) is 5.11 Å². The summed E-state index contributed by atoms with van der Waals surface area (Å²) in [5, 5.41) is 15.8. The summed E-state index contributed by atoms with van der Waals surface area (Å²) in [5.74, 6) is 10.1. The van der Waals surface area contributed by atoms with Crippen molar-refractivity contribution in [2.24, 2.45) is 35.5 Å². The van der Waals surface area contributed by atoms with Crippen LogP contribution in [-0.2, 0) is 0 Å². The zero-order valence-electron chi connectivity index (χ0n) is 21.9. The maximum absolute atomic E-state index is 10.3. The van der Waals surface area contributed by atoms with E-state index in [1.165, 1.54) is 61.1 Å². The second-order valence-electron chi connectivity index (χ2n) is 12.1. The quantitative estimate of drug-likeness (QED) is 0.164. The first-order valence-corrected chi connectivity index (χ1v) is 15.5. The lowest BCUT2D eigenvalue weighted by molar-refractivity contribution is 0.158. The van der Waals surface area contributed by atoms with Crippen LogP contribution in [0.5, 0.6) is 0 Å². The van der Waals surface area contributed by atoms with Crippen molar-refractivity contribution in [3.8, 4) is 11.8 Å². The van der Waals surface area contributed by atoms with E-state index in [9.17, 15) is 5.11 Å². The molecule has 2 heteroatoms. The van der Waals surface area contributed by atoms with Gasteiger partial charge in [0, 0.05) is 15.4 Å². The van der Waals surface area contributed by atoms with Gasteiger partial charge in [0.25, 0.3) is 0 Å². The molecule has 0 amide bonds. The highest BCUT2D eigenvalue weighted by Gasteiger charge is 2.50. The van der Waals surface area contributed by atoms with Crippen LogP contribution in [0.25, 0.3) is 21.5 Å². The van der Waals surface area contributed by atoms with Gasteiger partial charge in [0.2, 0.25) is 0 Å². The zero-order chi connectivity index (χ0) is 26.1. The van der Waals surface area contributed by atoms with Crippen LogP contribution in [0, 0.1) is 47.3 Å². The van der Waals surface area contributed by atoms with Gasteiger partial charge in [0.05, 0.1) is 0 Å². The van der Waals surface area contributed by atoms with E-state index >= 15 is 0 Å². The molecule has 0 aromatic heterocycles. The Morgan fingerprint density at radius 2 is 1.51 bits per heavy atom. The van der Waals surface area contributed by atoms with Gasteiger partial charge in [-0.25, -0.2) is 0 Å². The average molecular weight is 619 g/mol. The third kappa shape index (κ3) is 3.80. The van der Waals surface area contributed by atoms with Gasteiger partial charge in [0.15, 0.2) is 5.76 Å². The van der Waals surface area contributed by atoms with Gasteiger partial charge in [-0.1, -0.05) is 84.8 Å². The molecule has 1 saturated carbocycles. The van der Waals surface area contributed by atoms with Crippen molar-refractivity contribution in [3.63, 3.8) is 0 Å². The lowest BCUT2D eigenvalue weighted by Gasteiger charge is -2.47. The molecular formula is C37H31IO. The van der Waals surface area contributed by atoms with Crippen molar-refractivity contribution >= 4 is 44.1 Å². The molecule has 8 rings (SSSR count). The Kier molecular flexibility index (Phi) is 5.66. The Balaban J connectivity index is 1.41. The number of hydrogen-bond donors (Lipinski definition) is 1. The van der Waals surface area contributed by atoms with Crippen molar-refractivity contribution < 1.29 is 5.11 Å². The molecule has 5 aliphatic carbocycles. The van der Waals surface area contributed by atoms with Gasteiger partial charge in [0.1, 0.15) is 0 Å². The molecule has 5 aliphatic rings. The van der Waals surface area contributed by atoms with Crippen LogP contribution in [0.15, 0.2) is 112 Å². The number of allylic oxidation sites excluding steroid dienone is 10. The third-order valence-electron chi connectivity index (χ3n) is 10.3. The summed E-state index contributed by atoms with van der Waals surface area (Å²) in [6.45, 7) is 0. The molecule has 192 valence electrons. The van der Waals surface area contributed by atoms with E-state index in [0.717, 1.165) is 6.42 Å². The Hall–Kier alpha value is -3.03. The molecule has 3 aromatic rings. The van der Waals surface area contributed by atoms with Crippen molar-refractivity contribution in [1.29, 1.82) is 0 Å². The van der Waals surface area contributed by atoms with Gasteiger partial charge in [-0.2, -0.15) is 0 Å². The molecule has 1 nitrogen and oxygen atoms in total. The highest BCUT2D eigenvalue weighted by Crippen LogP contribution is 2.60. The summed E-state index contributed by atoms with van der Waals surface area (Å²) < 4.78 is 1.33. The minimum atomic E-state index is 0.172. The molecule has 0 bridgehead atoms. The molecule has 1 fully saturated rings. The second-order valence-corrected chi connectivity index (χ2v) is 13.3. The molecule has 39 heavy (non-hydrogen) atoms. The number of halogens is 1. The molecule has 7 atom stereocenters. The third-order valence-corrected chi connectivity index (χ3v) is 10.9. The summed E-state index contributed by atoms with van der Waals surface area (Å²) >= 11 is 2.47. The van der Waals surface area contributed by atoms with Crippen LogP contribution < -0.4 is 0 Å². The van der Waals surface area contributed by atoms with Crippen molar-refractivity contribution in [2.75, 3.05) is 0 Å². The first-order valence-electron chi connectivity index (χ1n) is 14.4. The van der Waals surface area contributed by atoms with Crippen molar-refractivity contribution in [1.82, 2.24) is 0 Å². The van der Waals surface area contributed by atoms with Gasteiger partial charge >= 0.3 is 0 Å². The predicted octanol–water partition coefficient (Wildman–Crippen LogP) is 9.58. The monoisotopic (exact) mass is 618 g/mol. The Morgan fingerprint density at radius 3 is 2.36 bits per heavy atom. The number of benzene rings is 3. The number of hydrogen-bond acceptors (Lipinski definition) is 1. The van der Waals surface area contributed by atoms with E-state index in [0.29, 0.717) is 35.5 Å². The number of rotatable bonds is 1. The van der Waals surface area contributed by atoms with E-state index < -0.39 is 0 Å². The summed E-state index contributed by atoms with van der Waals surface area (Å²) in [6, 6.07) is 20.5. The van der Waals surface area contributed by atoms with Gasteiger partial charge in [-0.3, -0.25) is 0 Å². The SMILES string of the molecule is OC1=CC2=CC[C@H]3CC[C@H]4CC=C5C=C(I)C=C[C@H]5C4C(c4cc5ccccc5c5ccccc45)[C@H]3C2C#C1. The fourth-order valence-corrected chi connectivity index (χ4v) is 9.30. The Bertz CT molecular complexity index is 1740. The molecule has 3 unspecified atom stereocenters. The Labute approximate surface area is 244 Å². The van der Waals surface area contributed by atoms with Crippen molar-refractivity contribution in [3.05, 3.63) is 117 Å². The molecular weight excluding hydrogens is 587 g/mol. The fourth-order valence-electron chi connectivity index (χ4n) is 8.73. The zero-order valence-corrected chi connectivity index (χ0v) is 24.0. The van der Waals surface area contributed by atoms with Crippen LogP contribution in [0.4, 0.5) is 0 Å². The summed E-state index contributed by atoms with van der Waals surface area (Å²) in [4.78, 5) is 0. The van der Waals surface area contributed by atoms with Crippen LogP contribution >= 0.6 is 22.6 Å². The van der Waals surface area contributed by atoms with E-state index in [1.54, 1.807) is 0 Å². The number of aliphatic hydroxyl groups is 1. The average Bonchev–Trinajstić information content (AvgIpc) is 3.13. The lowest BCUT2D eigenvalue weighted by atomic mass is 9.56. The second kappa shape index (κ2) is 9.27. The van der Waals surface area contributed by atoms with Crippen molar-refractivity contribution in [2.45, 2.75) is 31.6 Å². The Morgan fingerprint density at radius 1 is 0.795 bits per heavy atom. The first kappa shape index (κ1) is 23.8. The number of fused-ring (bicyclic) bond motifs is 9. The maximum atomic E-state index is 10.3. The highest BCUT2D eigenvalue weighted by atomic mass is 127. The molecule has 0 aliphatic heterocycles. The summed E-state index contributed by atoms with van der Waals surface area (Å²) in [5.41, 5.74) is 4.26. The van der Waals surface area contributed by atoms with Gasteiger partial charge in [-0.15, -0.1) is 0 Å². The first-order chi connectivity index (χ1) is 19.2. The van der Waals surface area contributed by atoms with Crippen LogP contribution in [0.1, 0.15) is 37.2 Å². The molecule has 0 radical (unpaired) electrons. The highest BCUT2D eigenvalue weighted by molar-refractivity contribution is 14.1. The summed E-state index contributed by atoms with van der Waals surface area (Å²) in [7, 11) is 0. The largest absolute Gasteiger partial charge is 0.501 e. The topological polar surface area (TPSA) is 20.2 Å². The molecule has 0 spiro atoms. The van der Waals surface area contributed by atoms with Gasteiger partial charge < -0.3 is 5.11 Å². The smallest absolute Gasteiger partial charge is 0.167 e. The normalized spacial score (nSPS) is 32.7. The van der Waals surface area contributed by atoms with Crippen LogP contribution in [0.2, 0.25) is 0 Å². The van der Waals surface area contributed by atoms with E-state index in [4.69, 9.17) is 0 Å². The minimum Gasteiger partial charge on any atom is -0.501 e. The predicted molar refractivity (Wildman–Crippen MR) is 169 cm³/mol. The summed E-state index contributed by atoms with van der Waals surface area (Å²) in [6.07, 6.45) is 19.0. The maximum Gasteiger partial charge on any atom is 0.167 e. The molecule has 0 heterocycles. The molecule has 1 N–H and O–H groups in total. The van der Waals surface area contributed by atoms with E-state index in [-0.39, 0.29) is 11.7 Å². The van der Waals surface area contributed by atoms with E-state index in [2.05, 4.69) is 119 Å².